The molecule has 0 fully saturated rings. The van der Waals surface area contributed by atoms with Gasteiger partial charge < -0.3 is 20.1 Å². The third-order valence-electron chi connectivity index (χ3n) is 3.99. The molecule has 2 aromatic carbocycles. The summed E-state index contributed by atoms with van der Waals surface area (Å²) in [4.78, 5) is 8.71. The number of anilines is 2. The van der Waals surface area contributed by atoms with E-state index in [2.05, 4.69) is 20.6 Å². The molecule has 2 N–H and O–H groups in total. The quantitative estimate of drug-likeness (QED) is 0.545. The topological polar surface area (TPSA) is 68.3 Å². The van der Waals surface area contributed by atoms with Gasteiger partial charge in [-0.2, -0.15) is 0 Å². The SMILES string of the molecule is COc1ccc(OCCNc2cc(NCc3ccccc3F)nc(C)n2)cc1. The molecule has 3 rings (SSSR count). The van der Waals surface area contributed by atoms with Crippen molar-refractivity contribution < 1.29 is 13.9 Å². The van der Waals surface area contributed by atoms with Crippen molar-refractivity contribution in [3.05, 3.63) is 71.8 Å². The summed E-state index contributed by atoms with van der Waals surface area (Å²) in [6.07, 6.45) is 0. The van der Waals surface area contributed by atoms with Gasteiger partial charge in [0.15, 0.2) is 0 Å². The Kier molecular flexibility index (Phi) is 6.62. The fraction of sp³-hybridized carbons (Fsp3) is 0.238. The number of hydrogen-bond acceptors (Lipinski definition) is 6. The molecule has 1 heterocycles. The van der Waals surface area contributed by atoms with Crippen LogP contribution in [0.25, 0.3) is 0 Å². The molecule has 0 saturated carbocycles. The van der Waals surface area contributed by atoms with Gasteiger partial charge in [0.1, 0.15) is 41.4 Å². The van der Waals surface area contributed by atoms with E-state index in [4.69, 9.17) is 9.47 Å². The standard InChI is InChI=1S/C21H23FN4O2/c1-15-25-20(23-11-12-28-18-9-7-17(27-2)8-10-18)13-21(26-15)24-14-16-5-3-4-6-19(16)22/h3-10,13H,11-12,14H2,1-2H3,(H2,23,24,25,26). The third kappa shape index (κ3) is 5.57. The largest absolute Gasteiger partial charge is 0.497 e. The Balaban J connectivity index is 1.50. The van der Waals surface area contributed by atoms with Crippen LogP contribution < -0.4 is 20.1 Å². The summed E-state index contributed by atoms with van der Waals surface area (Å²) in [7, 11) is 1.63. The molecule has 3 aromatic rings. The summed E-state index contributed by atoms with van der Waals surface area (Å²) < 4.78 is 24.5. The van der Waals surface area contributed by atoms with Gasteiger partial charge in [-0.25, -0.2) is 14.4 Å². The average molecular weight is 382 g/mol. The van der Waals surface area contributed by atoms with Gasteiger partial charge in [0, 0.05) is 18.2 Å². The molecule has 0 aliphatic carbocycles. The number of methoxy groups -OCH3 is 1. The molecule has 0 amide bonds. The second-order valence-electron chi connectivity index (χ2n) is 6.08. The third-order valence-corrected chi connectivity index (χ3v) is 3.99. The predicted molar refractivity (Wildman–Crippen MR) is 107 cm³/mol. The first kappa shape index (κ1) is 19.4. The number of nitrogens with one attached hydrogen (secondary N) is 2. The minimum atomic E-state index is -0.241. The van der Waals surface area contributed by atoms with E-state index in [-0.39, 0.29) is 5.82 Å². The molecular weight excluding hydrogens is 359 g/mol. The summed E-state index contributed by atoms with van der Waals surface area (Å²) in [5, 5.41) is 6.35. The maximum Gasteiger partial charge on any atom is 0.132 e. The van der Waals surface area contributed by atoms with Crippen LogP contribution in [0.4, 0.5) is 16.0 Å². The van der Waals surface area contributed by atoms with Crippen LogP contribution in [-0.4, -0.2) is 30.2 Å². The van der Waals surface area contributed by atoms with E-state index in [9.17, 15) is 4.39 Å². The van der Waals surface area contributed by atoms with Gasteiger partial charge in [-0.05, 0) is 37.3 Å². The van der Waals surface area contributed by atoms with Gasteiger partial charge in [0.25, 0.3) is 0 Å². The predicted octanol–water partition coefficient (Wildman–Crippen LogP) is 4.04. The van der Waals surface area contributed by atoms with Crippen molar-refractivity contribution in [2.75, 3.05) is 30.9 Å². The highest BCUT2D eigenvalue weighted by molar-refractivity contribution is 5.48. The summed E-state index contributed by atoms with van der Waals surface area (Å²) in [5.74, 6) is 3.26. The lowest BCUT2D eigenvalue weighted by Gasteiger charge is -2.11. The number of aromatic nitrogens is 2. The fourth-order valence-corrected chi connectivity index (χ4v) is 2.60. The van der Waals surface area contributed by atoms with Crippen LogP contribution in [0.3, 0.4) is 0 Å². The Morgan fingerprint density at radius 3 is 2.32 bits per heavy atom. The van der Waals surface area contributed by atoms with E-state index in [0.29, 0.717) is 42.7 Å². The zero-order valence-electron chi connectivity index (χ0n) is 15.9. The number of aryl methyl sites for hydroxylation is 1. The smallest absolute Gasteiger partial charge is 0.132 e. The zero-order valence-corrected chi connectivity index (χ0v) is 15.9. The molecule has 0 aliphatic heterocycles. The summed E-state index contributed by atoms with van der Waals surface area (Å²) in [5.41, 5.74) is 0.584. The molecule has 7 heteroatoms. The Morgan fingerprint density at radius 1 is 0.929 bits per heavy atom. The minimum absolute atomic E-state index is 0.241. The molecule has 0 aliphatic rings. The van der Waals surface area contributed by atoms with E-state index in [1.165, 1.54) is 6.07 Å². The number of ether oxygens (including phenoxy) is 2. The number of hydrogen-bond donors (Lipinski definition) is 2. The molecule has 0 atom stereocenters. The molecule has 0 saturated heterocycles. The van der Waals surface area contributed by atoms with Crippen LogP contribution in [0.1, 0.15) is 11.4 Å². The number of halogens is 1. The molecule has 0 unspecified atom stereocenters. The maximum absolute atomic E-state index is 13.7. The number of rotatable bonds is 9. The highest BCUT2D eigenvalue weighted by Crippen LogP contribution is 2.17. The fourth-order valence-electron chi connectivity index (χ4n) is 2.60. The second-order valence-corrected chi connectivity index (χ2v) is 6.08. The molecule has 0 radical (unpaired) electrons. The van der Waals surface area contributed by atoms with Gasteiger partial charge in [-0.3, -0.25) is 0 Å². The number of nitrogens with zero attached hydrogens (tertiary/aromatic N) is 2. The zero-order chi connectivity index (χ0) is 19.8. The molecule has 146 valence electrons. The van der Waals surface area contributed by atoms with Crippen molar-refractivity contribution in [2.45, 2.75) is 13.5 Å². The van der Waals surface area contributed by atoms with Crippen LogP contribution in [0.15, 0.2) is 54.6 Å². The monoisotopic (exact) mass is 382 g/mol. The van der Waals surface area contributed by atoms with Crippen molar-refractivity contribution in [3.63, 3.8) is 0 Å². The maximum atomic E-state index is 13.7. The van der Waals surface area contributed by atoms with Gasteiger partial charge in [-0.15, -0.1) is 0 Å². The summed E-state index contributed by atoms with van der Waals surface area (Å²) in [6.45, 7) is 3.22. The Bertz CT molecular complexity index is 903. The first-order valence-corrected chi connectivity index (χ1v) is 8.98. The summed E-state index contributed by atoms with van der Waals surface area (Å²) >= 11 is 0. The highest BCUT2D eigenvalue weighted by Gasteiger charge is 2.04. The van der Waals surface area contributed by atoms with Crippen LogP contribution >= 0.6 is 0 Å². The minimum Gasteiger partial charge on any atom is -0.497 e. The summed E-state index contributed by atoms with van der Waals surface area (Å²) in [6, 6.07) is 15.9. The van der Waals surface area contributed by atoms with Crippen molar-refractivity contribution in [1.82, 2.24) is 9.97 Å². The van der Waals surface area contributed by atoms with Crippen molar-refractivity contribution in [2.24, 2.45) is 0 Å². The normalized spacial score (nSPS) is 10.4. The van der Waals surface area contributed by atoms with Crippen LogP contribution in [-0.2, 0) is 6.54 Å². The van der Waals surface area contributed by atoms with E-state index >= 15 is 0 Å². The van der Waals surface area contributed by atoms with Gasteiger partial charge in [0.05, 0.1) is 13.7 Å². The molecule has 1 aromatic heterocycles. The Morgan fingerprint density at radius 2 is 1.61 bits per heavy atom. The lowest BCUT2D eigenvalue weighted by atomic mass is 10.2. The molecule has 0 spiro atoms. The van der Waals surface area contributed by atoms with Gasteiger partial charge in [-0.1, -0.05) is 18.2 Å². The van der Waals surface area contributed by atoms with Crippen LogP contribution in [0.2, 0.25) is 0 Å². The van der Waals surface area contributed by atoms with Crippen LogP contribution in [0.5, 0.6) is 11.5 Å². The first-order valence-electron chi connectivity index (χ1n) is 8.98. The van der Waals surface area contributed by atoms with E-state index < -0.39 is 0 Å². The van der Waals surface area contributed by atoms with E-state index in [1.807, 2.05) is 31.2 Å². The van der Waals surface area contributed by atoms with Crippen molar-refractivity contribution in [1.29, 1.82) is 0 Å². The lowest BCUT2D eigenvalue weighted by Crippen LogP contribution is -2.13. The van der Waals surface area contributed by atoms with Crippen LogP contribution in [0, 0.1) is 12.7 Å². The van der Waals surface area contributed by atoms with E-state index in [0.717, 1.165) is 11.5 Å². The van der Waals surface area contributed by atoms with Crippen molar-refractivity contribution >= 4 is 11.6 Å². The van der Waals surface area contributed by atoms with E-state index in [1.54, 1.807) is 31.4 Å². The molecule has 6 nitrogen and oxygen atoms in total. The molecule has 0 bridgehead atoms. The average Bonchev–Trinajstić information content (AvgIpc) is 2.71. The highest BCUT2D eigenvalue weighted by atomic mass is 19.1. The first-order chi connectivity index (χ1) is 13.6. The Labute approximate surface area is 163 Å². The lowest BCUT2D eigenvalue weighted by molar-refractivity contribution is 0.331. The molecule has 28 heavy (non-hydrogen) atoms. The Hall–Kier alpha value is -3.35. The molecular formula is C21H23FN4O2. The second kappa shape index (κ2) is 9.55. The van der Waals surface area contributed by atoms with Gasteiger partial charge in [0.2, 0.25) is 0 Å². The van der Waals surface area contributed by atoms with Gasteiger partial charge >= 0.3 is 0 Å². The number of benzene rings is 2. The van der Waals surface area contributed by atoms with Crippen molar-refractivity contribution in [3.8, 4) is 11.5 Å².